The van der Waals surface area contributed by atoms with Crippen molar-refractivity contribution in [3.8, 4) is 0 Å². The summed E-state index contributed by atoms with van der Waals surface area (Å²) in [5.41, 5.74) is -0.0732. The highest BCUT2D eigenvalue weighted by Gasteiger charge is 2.29. The van der Waals surface area contributed by atoms with Crippen LogP contribution in [0.2, 0.25) is 5.02 Å². The second-order valence-electron chi connectivity index (χ2n) is 5.24. The van der Waals surface area contributed by atoms with E-state index in [2.05, 4.69) is 5.32 Å². The van der Waals surface area contributed by atoms with Crippen LogP contribution in [0, 0.1) is 0 Å². The van der Waals surface area contributed by atoms with Crippen LogP contribution in [-0.2, 0) is 4.79 Å². The first kappa shape index (κ1) is 16.0. The molecule has 1 amide bonds. The Hall–Kier alpha value is -1.10. The van der Waals surface area contributed by atoms with Gasteiger partial charge in [0.15, 0.2) is 0 Å². The monoisotopic (exact) mass is 284 g/mol. The van der Waals surface area contributed by atoms with Gasteiger partial charge in [0.05, 0.1) is 11.6 Å². The quantitative estimate of drug-likeness (QED) is 0.867. The van der Waals surface area contributed by atoms with E-state index < -0.39 is 11.6 Å². The molecule has 0 bridgehead atoms. The molecule has 0 spiro atoms. The maximum absolute atomic E-state index is 11.9. The topological polar surface area (TPSA) is 52.6 Å². The van der Waals surface area contributed by atoms with Gasteiger partial charge in [0.2, 0.25) is 5.91 Å². The van der Waals surface area contributed by atoms with Gasteiger partial charge in [-0.05, 0) is 19.9 Å². The van der Waals surface area contributed by atoms with Crippen molar-refractivity contribution in [1.29, 1.82) is 0 Å². The van der Waals surface area contributed by atoms with Gasteiger partial charge in [-0.15, -0.1) is 0 Å². The summed E-state index contributed by atoms with van der Waals surface area (Å²) in [7, 11) is 3.41. The van der Waals surface area contributed by atoms with E-state index in [1.165, 1.54) is 4.90 Å². The fraction of sp³-hybridized carbons (Fsp3) is 0.500. The maximum atomic E-state index is 11.9. The van der Waals surface area contributed by atoms with Crippen LogP contribution in [0.1, 0.15) is 25.5 Å². The standard InChI is InChI=1S/C14H21ClN2O2/c1-14(2,13(19)17(3)4)16-9-12(18)10-7-5-6-8-11(10)15/h5-8,12,16,18H,9H2,1-4H3. The molecule has 19 heavy (non-hydrogen) atoms. The number of hydrogen-bond acceptors (Lipinski definition) is 3. The molecular weight excluding hydrogens is 264 g/mol. The summed E-state index contributed by atoms with van der Waals surface area (Å²) in [6, 6.07) is 7.14. The van der Waals surface area contributed by atoms with Crippen LogP contribution in [0.3, 0.4) is 0 Å². The van der Waals surface area contributed by atoms with Crippen LogP contribution in [0.25, 0.3) is 0 Å². The molecule has 0 aromatic heterocycles. The van der Waals surface area contributed by atoms with Crippen molar-refractivity contribution in [2.75, 3.05) is 20.6 Å². The predicted molar refractivity (Wildman–Crippen MR) is 77.2 cm³/mol. The molecule has 0 saturated carbocycles. The van der Waals surface area contributed by atoms with Crippen molar-refractivity contribution in [3.63, 3.8) is 0 Å². The number of nitrogens with zero attached hydrogens (tertiary/aromatic N) is 1. The Morgan fingerprint density at radius 1 is 1.42 bits per heavy atom. The zero-order valence-electron chi connectivity index (χ0n) is 11.8. The number of carbonyl (C=O) groups is 1. The number of amides is 1. The van der Waals surface area contributed by atoms with Gasteiger partial charge >= 0.3 is 0 Å². The molecule has 1 aromatic rings. The molecule has 0 aliphatic rings. The Kier molecular flexibility index (Phi) is 5.35. The van der Waals surface area contributed by atoms with Gasteiger partial charge in [-0.1, -0.05) is 29.8 Å². The molecular formula is C14H21ClN2O2. The fourth-order valence-corrected chi connectivity index (χ4v) is 2.10. The van der Waals surface area contributed by atoms with E-state index in [0.29, 0.717) is 10.6 Å². The van der Waals surface area contributed by atoms with Crippen molar-refractivity contribution >= 4 is 17.5 Å². The molecule has 1 unspecified atom stereocenters. The second-order valence-corrected chi connectivity index (χ2v) is 5.65. The number of nitrogens with one attached hydrogen (secondary N) is 1. The van der Waals surface area contributed by atoms with Gasteiger partial charge in [-0.3, -0.25) is 4.79 Å². The third kappa shape index (κ3) is 4.20. The van der Waals surface area contributed by atoms with E-state index in [-0.39, 0.29) is 12.5 Å². The summed E-state index contributed by atoms with van der Waals surface area (Å²) >= 11 is 6.02. The first-order chi connectivity index (χ1) is 8.75. The molecule has 2 N–H and O–H groups in total. The third-order valence-corrected chi connectivity index (χ3v) is 3.29. The SMILES string of the molecule is CN(C)C(=O)C(C)(C)NCC(O)c1ccccc1Cl. The van der Waals surface area contributed by atoms with Crippen molar-refractivity contribution < 1.29 is 9.90 Å². The highest BCUT2D eigenvalue weighted by molar-refractivity contribution is 6.31. The Bertz CT molecular complexity index is 447. The number of hydrogen-bond donors (Lipinski definition) is 2. The van der Waals surface area contributed by atoms with E-state index >= 15 is 0 Å². The van der Waals surface area contributed by atoms with Crippen LogP contribution < -0.4 is 5.32 Å². The first-order valence-corrected chi connectivity index (χ1v) is 6.53. The number of aliphatic hydroxyl groups excluding tert-OH is 1. The molecule has 0 heterocycles. The van der Waals surface area contributed by atoms with Crippen molar-refractivity contribution in [1.82, 2.24) is 10.2 Å². The molecule has 0 saturated heterocycles. The minimum atomic E-state index is -0.747. The lowest BCUT2D eigenvalue weighted by atomic mass is 10.0. The number of likely N-dealkylation sites (N-methyl/N-ethyl adjacent to an activating group) is 1. The van der Waals surface area contributed by atoms with E-state index in [1.807, 2.05) is 12.1 Å². The normalized spacial score (nSPS) is 13.2. The average Bonchev–Trinajstić information content (AvgIpc) is 2.35. The number of benzene rings is 1. The summed E-state index contributed by atoms with van der Waals surface area (Å²) in [5, 5.41) is 13.7. The van der Waals surface area contributed by atoms with E-state index in [1.54, 1.807) is 40.1 Å². The van der Waals surface area contributed by atoms with Gasteiger partial charge < -0.3 is 15.3 Å². The van der Waals surface area contributed by atoms with Crippen LogP contribution in [-0.4, -0.2) is 42.1 Å². The molecule has 106 valence electrons. The van der Waals surface area contributed by atoms with Gasteiger partial charge in [0, 0.05) is 31.2 Å². The smallest absolute Gasteiger partial charge is 0.241 e. The Balaban J connectivity index is 2.67. The van der Waals surface area contributed by atoms with E-state index in [4.69, 9.17) is 11.6 Å². The highest BCUT2D eigenvalue weighted by Crippen LogP contribution is 2.22. The zero-order valence-corrected chi connectivity index (χ0v) is 12.5. The van der Waals surface area contributed by atoms with E-state index in [0.717, 1.165) is 0 Å². The molecule has 4 nitrogen and oxygen atoms in total. The van der Waals surface area contributed by atoms with Crippen LogP contribution in [0.4, 0.5) is 0 Å². The largest absolute Gasteiger partial charge is 0.387 e. The van der Waals surface area contributed by atoms with Crippen molar-refractivity contribution in [3.05, 3.63) is 34.9 Å². The molecule has 1 rings (SSSR count). The summed E-state index contributed by atoms with van der Waals surface area (Å²) in [6.07, 6.45) is -0.747. The molecule has 1 atom stereocenters. The minimum Gasteiger partial charge on any atom is -0.387 e. The summed E-state index contributed by atoms with van der Waals surface area (Å²) in [5.74, 6) is -0.0427. The Labute approximate surface area is 119 Å². The van der Waals surface area contributed by atoms with Gasteiger partial charge in [0.1, 0.15) is 0 Å². The van der Waals surface area contributed by atoms with Gasteiger partial charge in [0.25, 0.3) is 0 Å². The van der Waals surface area contributed by atoms with E-state index in [9.17, 15) is 9.90 Å². The molecule has 0 radical (unpaired) electrons. The number of halogens is 1. The minimum absolute atomic E-state index is 0.0427. The molecule has 0 aliphatic heterocycles. The third-order valence-electron chi connectivity index (χ3n) is 2.94. The molecule has 5 heteroatoms. The number of β-amino-alcohol motifs (C(OH)–C–C–N with tert-alkyl or cyclic N) is 1. The predicted octanol–water partition coefficient (Wildman–Crippen LogP) is 1.83. The lowest BCUT2D eigenvalue weighted by molar-refractivity contribution is -0.134. The van der Waals surface area contributed by atoms with Crippen LogP contribution in [0.15, 0.2) is 24.3 Å². The number of carbonyl (C=O) groups excluding carboxylic acids is 1. The lowest BCUT2D eigenvalue weighted by Crippen LogP contribution is -2.53. The van der Waals surface area contributed by atoms with Crippen molar-refractivity contribution in [2.45, 2.75) is 25.5 Å². The molecule has 0 fully saturated rings. The number of aliphatic hydroxyl groups is 1. The summed E-state index contributed by atoms with van der Waals surface area (Å²) in [6.45, 7) is 3.83. The Morgan fingerprint density at radius 2 is 2.00 bits per heavy atom. The Morgan fingerprint density at radius 3 is 2.53 bits per heavy atom. The lowest BCUT2D eigenvalue weighted by Gasteiger charge is -2.29. The first-order valence-electron chi connectivity index (χ1n) is 6.15. The second kappa shape index (κ2) is 6.37. The van der Waals surface area contributed by atoms with Crippen LogP contribution >= 0.6 is 11.6 Å². The van der Waals surface area contributed by atoms with Crippen molar-refractivity contribution in [2.24, 2.45) is 0 Å². The number of rotatable bonds is 5. The van der Waals surface area contributed by atoms with Gasteiger partial charge in [-0.2, -0.15) is 0 Å². The summed E-state index contributed by atoms with van der Waals surface area (Å²) < 4.78 is 0. The fourth-order valence-electron chi connectivity index (χ4n) is 1.84. The zero-order chi connectivity index (χ0) is 14.6. The average molecular weight is 285 g/mol. The molecule has 1 aromatic carbocycles. The summed E-state index contributed by atoms with van der Waals surface area (Å²) in [4.78, 5) is 13.5. The highest BCUT2D eigenvalue weighted by atomic mass is 35.5. The molecule has 0 aliphatic carbocycles. The van der Waals surface area contributed by atoms with Crippen LogP contribution in [0.5, 0.6) is 0 Å². The van der Waals surface area contributed by atoms with Gasteiger partial charge in [-0.25, -0.2) is 0 Å². The maximum Gasteiger partial charge on any atom is 0.241 e.